The Kier molecular flexibility index (Phi) is 5.26. The Morgan fingerprint density at radius 3 is 2.59 bits per heavy atom. The van der Waals surface area contributed by atoms with Gasteiger partial charge in [-0.05, 0) is 73.2 Å². The van der Waals surface area contributed by atoms with Crippen molar-refractivity contribution in [2.45, 2.75) is 37.1 Å². The van der Waals surface area contributed by atoms with Crippen LogP contribution in [0.1, 0.15) is 40.6 Å². The summed E-state index contributed by atoms with van der Waals surface area (Å²) in [5, 5.41) is 4.21. The molecule has 4 nitrogen and oxygen atoms in total. The van der Waals surface area contributed by atoms with E-state index in [1.54, 1.807) is 31.2 Å². The van der Waals surface area contributed by atoms with Crippen LogP contribution in [0.3, 0.4) is 0 Å². The van der Waals surface area contributed by atoms with Gasteiger partial charge in [0, 0.05) is 16.6 Å². The van der Waals surface area contributed by atoms with Gasteiger partial charge in [-0.1, -0.05) is 59.6 Å². The second-order valence-corrected chi connectivity index (χ2v) is 10.7. The molecule has 2 unspecified atom stereocenters. The van der Waals surface area contributed by atoms with Crippen molar-refractivity contribution in [3.8, 4) is 0 Å². The highest BCUT2D eigenvalue weighted by molar-refractivity contribution is 7.92. The van der Waals surface area contributed by atoms with Gasteiger partial charge in [0.15, 0.2) is 0 Å². The van der Waals surface area contributed by atoms with E-state index in [1.807, 2.05) is 12.1 Å². The fraction of sp³-hybridized carbons (Fsp3) is 0.231. The van der Waals surface area contributed by atoms with Gasteiger partial charge in [0.05, 0.1) is 16.6 Å². The number of allylic oxidation sites excluding steroid dienone is 2. The lowest BCUT2D eigenvalue weighted by molar-refractivity contribution is 0.425. The van der Waals surface area contributed by atoms with Crippen LogP contribution in [-0.4, -0.2) is 8.42 Å². The number of hydrogen-bond acceptors (Lipinski definition) is 3. The number of benzene rings is 3. The molecule has 0 amide bonds. The lowest BCUT2D eigenvalue weighted by Gasteiger charge is -2.37. The lowest BCUT2D eigenvalue weighted by atomic mass is 9.77. The molecular formula is C26H25ClN2O2S. The van der Waals surface area contributed by atoms with Gasteiger partial charge in [0.2, 0.25) is 0 Å². The molecule has 3 aromatic rings. The summed E-state index contributed by atoms with van der Waals surface area (Å²) < 4.78 is 29.0. The summed E-state index contributed by atoms with van der Waals surface area (Å²) in [7, 11) is -3.75. The monoisotopic (exact) mass is 464 g/mol. The van der Waals surface area contributed by atoms with Gasteiger partial charge >= 0.3 is 0 Å². The van der Waals surface area contributed by atoms with Crippen molar-refractivity contribution in [1.82, 2.24) is 0 Å². The molecule has 1 aliphatic heterocycles. The van der Waals surface area contributed by atoms with E-state index in [4.69, 9.17) is 11.6 Å². The summed E-state index contributed by atoms with van der Waals surface area (Å²) in [5.74, 6) is 0.534. The molecule has 5 rings (SSSR count). The van der Waals surface area contributed by atoms with E-state index >= 15 is 0 Å². The number of hydrogen-bond donors (Lipinski definition) is 2. The van der Waals surface area contributed by atoms with E-state index in [2.05, 4.69) is 53.4 Å². The summed E-state index contributed by atoms with van der Waals surface area (Å²) in [6.07, 6.45) is 5.39. The van der Waals surface area contributed by atoms with Crippen LogP contribution in [0, 0.1) is 19.8 Å². The maximum atomic E-state index is 13.2. The van der Waals surface area contributed by atoms with Crippen LogP contribution in [0.15, 0.2) is 77.7 Å². The first-order valence-electron chi connectivity index (χ1n) is 10.7. The second-order valence-electron chi connectivity index (χ2n) is 8.65. The first-order chi connectivity index (χ1) is 15.3. The maximum absolute atomic E-state index is 13.2. The Morgan fingerprint density at radius 2 is 1.81 bits per heavy atom. The summed E-state index contributed by atoms with van der Waals surface area (Å²) >= 11 is 6.17. The van der Waals surface area contributed by atoms with E-state index in [-0.39, 0.29) is 16.9 Å². The van der Waals surface area contributed by atoms with Gasteiger partial charge in [0.25, 0.3) is 10.0 Å². The molecule has 0 radical (unpaired) electrons. The molecule has 2 N–H and O–H groups in total. The number of aryl methyl sites for hydroxylation is 1. The van der Waals surface area contributed by atoms with Crippen molar-refractivity contribution >= 4 is 33.0 Å². The largest absolute Gasteiger partial charge is 0.378 e. The second kappa shape index (κ2) is 7.98. The van der Waals surface area contributed by atoms with Crippen LogP contribution >= 0.6 is 11.6 Å². The summed E-state index contributed by atoms with van der Waals surface area (Å²) in [6, 6.07) is 19.4. The number of halogens is 1. The average Bonchev–Trinajstić information content (AvgIpc) is 3.27. The Balaban J connectivity index is 1.49. The van der Waals surface area contributed by atoms with Crippen LogP contribution in [-0.2, 0) is 10.0 Å². The molecule has 1 aliphatic carbocycles. The fourth-order valence-electron chi connectivity index (χ4n) is 4.77. The molecule has 164 valence electrons. The summed E-state index contributed by atoms with van der Waals surface area (Å²) in [5.41, 5.74) is 5.71. The zero-order valence-electron chi connectivity index (χ0n) is 18.0. The fourth-order valence-corrected chi connectivity index (χ4v) is 6.10. The minimum atomic E-state index is -3.75. The Morgan fingerprint density at radius 1 is 1.03 bits per heavy atom. The third-order valence-electron chi connectivity index (χ3n) is 6.59. The van der Waals surface area contributed by atoms with Gasteiger partial charge < -0.3 is 5.32 Å². The molecular weight excluding hydrogens is 440 g/mol. The van der Waals surface area contributed by atoms with E-state index < -0.39 is 10.0 Å². The molecule has 0 fully saturated rings. The third kappa shape index (κ3) is 3.70. The number of fused-ring (bicyclic) bond motifs is 3. The average molecular weight is 465 g/mol. The minimum Gasteiger partial charge on any atom is -0.378 e. The first kappa shape index (κ1) is 21.1. The topological polar surface area (TPSA) is 58.2 Å². The van der Waals surface area contributed by atoms with Crippen LogP contribution in [0.2, 0.25) is 5.02 Å². The Bertz CT molecular complexity index is 1320. The van der Waals surface area contributed by atoms with Crippen molar-refractivity contribution in [2.24, 2.45) is 5.92 Å². The first-order valence-corrected chi connectivity index (χ1v) is 12.6. The Hall–Kier alpha value is -2.76. The standard InChI is InChI=1S/C26H25ClN2O2S/c1-16-9-11-18(12-10-16)26-21-6-3-5-20(21)22-15-19(13-14-25(22)28-26)32(30,31)29-24-8-4-7-23(27)17(24)2/h3-5,7-15,20-21,26,28-29H,6H2,1-2H3/t20?,21?,26-/m1/s1. The number of nitrogens with one attached hydrogen (secondary N) is 2. The van der Waals surface area contributed by atoms with Crippen molar-refractivity contribution in [1.29, 1.82) is 0 Å². The van der Waals surface area contributed by atoms with Crippen LogP contribution < -0.4 is 10.0 Å². The third-order valence-corrected chi connectivity index (χ3v) is 8.37. The van der Waals surface area contributed by atoms with E-state index in [0.29, 0.717) is 22.2 Å². The predicted octanol–water partition coefficient (Wildman–Crippen LogP) is 6.58. The van der Waals surface area contributed by atoms with E-state index in [9.17, 15) is 8.42 Å². The molecule has 0 saturated carbocycles. The van der Waals surface area contributed by atoms with Gasteiger partial charge in [0.1, 0.15) is 0 Å². The molecule has 0 aromatic heterocycles. The highest BCUT2D eigenvalue weighted by atomic mass is 35.5. The zero-order valence-corrected chi connectivity index (χ0v) is 19.5. The van der Waals surface area contributed by atoms with Gasteiger partial charge in [-0.15, -0.1) is 0 Å². The van der Waals surface area contributed by atoms with Crippen molar-refractivity contribution < 1.29 is 8.42 Å². The van der Waals surface area contributed by atoms with Crippen LogP contribution in [0.5, 0.6) is 0 Å². The van der Waals surface area contributed by atoms with Crippen LogP contribution in [0.4, 0.5) is 11.4 Å². The highest BCUT2D eigenvalue weighted by Gasteiger charge is 2.38. The van der Waals surface area contributed by atoms with Crippen molar-refractivity contribution in [3.05, 3.63) is 100 Å². The summed E-state index contributed by atoms with van der Waals surface area (Å²) in [4.78, 5) is 0.255. The summed E-state index contributed by atoms with van der Waals surface area (Å²) in [6.45, 7) is 3.89. The molecule has 2 aliphatic rings. The Labute approximate surface area is 194 Å². The molecule has 3 aromatic carbocycles. The number of anilines is 2. The molecule has 3 atom stereocenters. The minimum absolute atomic E-state index is 0.181. The number of sulfonamides is 1. The smallest absolute Gasteiger partial charge is 0.261 e. The molecule has 0 spiro atoms. The number of rotatable bonds is 4. The van der Waals surface area contributed by atoms with E-state index in [0.717, 1.165) is 17.7 Å². The SMILES string of the molecule is Cc1ccc([C@H]2Nc3ccc(S(=O)(=O)Nc4cccc(Cl)c4C)cc3C3C=CCC32)cc1. The van der Waals surface area contributed by atoms with Gasteiger partial charge in [-0.25, -0.2) is 8.42 Å². The highest BCUT2D eigenvalue weighted by Crippen LogP contribution is 2.50. The molecule has 0 saturated heterocycles. The molecule has 32 heavy (non-hydrogen) atoms. The lowest BCUT2D eigenvalue weighted by Crippen LogP contribution is -2.29. The molecule has 1 heterocycles. The normalized spacial score (nSPS) is 21.5. The van der Waals surface area contributed by atoms with Crippen molar-refractivity contribution in [2.75, 3.05) is 10.0 Å². The quantitative estimate of drug-likeness (QED) is 0.428. The maximum Gasteiger partial charge on any atom is 0.261 e. The van der Waals surface area contributed by atoms with E-state index in [1.165, 1.54) is 11.1 Å². The van der Waals surface area contributed by atoms with Gasteiger partial charge in [-0.3, -0.25) is 4.72 Å². The molecule has 0 bridgehead atoms. The van der Waals surface area contributed by atoms with Gasteiger partial charge in [-0.2, -0.15) is 0 Å². The molecule has 6 heteroatoms. The van der Waals surface area contributed by atoms with Crippen molar-refractivity contribution in [3.63, 3.8) is 0 Å². The predicted molar refractivity (Wildman–Crippen MR) is 131 cm³/mol. The zero-order chi connectivity index (χ0) is 22.5. The van der Waals surface area contributed by atoms with Crippen LogP contribution in [0.25, 0.3) is 0 Å².